The van der Waals surface area contributed by atoms with Crippen molar-refractivity contribution in [2.75, 3.05) is 46.1 Å². The lowest BCUT2D eigenvalue weighted by molar-refractivity contribution is 0.0827. The molecule has 1 aromatic carbocycles. The van der Waals surface area contributed by atoms with E-state index in [9.17, 15) is 18.0 Å². The average molecular weight is 507 g/mol. The highest BCUT2D eigenvalue weighted by atomic mass is 32.2. The van der Waals surface area contributed by atoms with Gasteiger partial charge in [0, 0.05) is 51.2 Å². The van der Waals surface area contributed by atoms with E-state index < -0.39 is 10.0 Å². The molecule has 0 atom stereocenters. The smallest absolute Gasteiger partial charge is 0.256 e. The highest BCUT2D eigenvalue weighted by Crippen LogP contribution is 2.38. The maximum absolute atomic E-state index is 13.0. The summed E-state index contributed by atoms with van der Waals surface area (Å²) in [6, 6.07) is 5.93. The first-order chi connectivity index (χ1) is 16.1. The molecule has 34 heavy (non-hydrogen) atoms. The van der Waals surface area contributed by atoms with E-state index in [1.165, 1.54) is 44.8 Å². The Hall–Kier alpha value is -2.27. The van der Waals surface area contributed by atoms with Crippen LogP contribution in [0.25, 0.3) is 0 Å². The summed E-state index contributed by atoms with van der Waals surface area (Å²) in [4.78, 5) is 31.1. The minimum Gasteiger partial charge on any atom is -0.345 e. The van der Waals surface area contributed by atoms with Gasteiger partial charge in [-0.05, 0) is 49.2 Å². The summed E-state index contributed by atoms with van der Waals surface area (Å²) in [7, 11) is 1.37. The second-order valence-corrected chi connectivity index (χ2v) is 11.8. The summed E-state index contributed by atoms with van der Waals surface area (Å²) in [6.45, 7) is 7.14. The molecule has 0 unspecified atom stereocenters. The molecule has 1 aliphatic rings. The minimum absolute atomic E-state index is 0.130. The molecule has 1 aromatic heterocycles. The summed E-state index contributed by atoms with van der Waals surface area (Å²) < 4.78 is 26.8. The van der Waals surface area contributed by atoms with Crippen molar-refractivity contribution < 1.29 is 18.0 Å². The summed E-state index contributed by atoms with van der Waals surface area (Å²) in [5, 5.41) is 3.46. The van der Waals surface area contributed by atoms with Crippen molar-refractivity contribution in [1.82, 2.24) is 14.1 Å². The van der Waals surface area contributed by atoms with Gasteiger partial charge in [-0.2, -0.15) is 0 Å². The van der Waals surface area contributed by atoms with Crippen LogP contribution < -0.4 is 5.32 Å². The Morgan fingerprint density at radius 2 is 1.79 bits per heavy atom. The number of fused-ring (bicyclic) bond motifs is 1. The van der Waals surface area contributed by atoms with Crippen LogP contribution in [0.2, 0.25) is 0 Å². The number of sulfonamides is 1. The molecule has 0 radical (unpaired) electrons. The number of hydrogen-bond acceptors (Lipinski definition) is 6. The predicted molar refractivity (Wildman–Crippen MR) is 136 cm³/mol. The standard InChI is InChI=1S/C24H34N4O4S2/c1-6-8-14-27(5)34(31,32)18-11-9-17(10-12-18)22(29)25-23-21(24(30)26(3)4)19-13-15-28(7-2)16-20(19)33-23/h9-12H,6-8,13-16H2,1-5H3,(H,25,29). The zero-order valence-electron chi connectivity index (χ0n) is 20.6. The van der Waals surface area contributed by atoms with E-state index in [0.717, 1.165) is 49.3 Å². The largest absolute Gasteiger partial charge is 0.345 e. The van der Waals surface area contributed by atoms with Crippen molar-refractivity contribution in [3.05, 3.63) is 45.8 Å². The van der Waals surface area contributed by atoms with Crippen molar-refractivity contribution >= 4 is 38.2 Å². The number of nitrogens with zero attached hydrogens (tertiary/aromatic N) is 3. The zero-order chi connectivity index (χ0) is 25.0. The fraction of sp³-hybridized carbons (Fsp3) is 0.500. The molecule has 0 fully saturated rings. The van der Waals surface area contributed by atoms with Crippen LogP contribution in [0.5, 0.6) is 0 Å². The number of nitrogens with one attached hydrogen (secondary N) is 1. The van der Waals surface area contributed by atoms with Gasteiger partial charge in [0.15, 0.2) is 0 Å². The number of amides is 2. The van der Waals surface area contributed by atoms with Crippen molar-refractivity contribution in [2.24, 2.45) is 0 Å². The van der Waals surface area contributed by atoms with Gasteiger partial charge in [0.1, 0.15) is 5.00 Å². The van der Waals surface area contributed by atoms with Crippen LogP contribution in [0.4, 0.5) is 5.00 Å². The first-order valence-electron chi connectivity index (χ1n) is 11.6. The molecule has 0 saturated carbocycles. The first kappa shape index (κ1) is 26.3. The minimum atomic E-state index is -3.60. The molecule has 10 heteroatoms. The second-order valence-electron chi connectivity index (χ2n) is 8.68. The van der Waals surface area contributed by atoms with E-state index in [0.29, 0.717) is 22.7 Å². The highest BCUT2D eigenvalue weighted by Gasteiger charge is 2.29. The second kappa shape index (κ2) is 11.0. The van der Waals surface area contributed by atoms with Crippen LogP contribution >= 0.6 is 11.3 Å². The quantitative estimate of drug-likeness (QED) is 0.562. The Morgan fingerprint density at radius 1 is 1.12 bits per heavy atom. The normalized spacial score (nSPS) is 14.2. The fourth-order valence-electron chi connectivity index (χ4n) is 3.90. The number of unbranched alkanes of at least 4 members (excludes halogenated alkanes) is 1. The third kappa shape index (κ3) is 5.51. The van der Waals surface area contributed by atoms with Crippen LogP contribution in [0, 0.1) is 0 Å². The van der Waals surface area contributed by atoms with Crippen LogP contribution in [0.1, 0.15) is 57.8 Å². The number of likely N-dealkylation sites (N-methyl/N-ethyl adjacent to an activating group) is 1. The molecule has 0 spiro atoms. The number of carbonyl (C=O) groups is 2. The molecule has 8 nitrogen and oxygen atoms in total. The third-order valence-corrected chi connectivity index (χ3v) is 9.08. The lowest BCUT2D eigenvalue weighted by Gasteiger charge is -2.25. The SMILES string of the molecule is CCCCN(C)S(=O)(=O)c1ccc(C(=O)Nc2sc3c(c2C(=O)N(C)C)CCN(CC)C3)cc1. The van der Waals surface area contributed by atoms with Crippen LogP contribution in [-0.2, 0) is 23.0 Å². The van der Waals surface area contributed by atoms with E-state index in [2.05, 4.69) is 17.1 Å². The molecule has 2 heterocycles. The molecule has 0 bridgehead atoms. The fourth-order valence-corrected chi connectivity index (χ4v) is 6.39. The summed E-state index contributed by atoms with van der Waals surface area (Å²) in [5.41, 5.74) is 1.91. The Morgan fingerprint density at radius 3 is 2.38 bits per heavy atom. The number of hydrogen-bond donors (Lipinski definition) is 1. The Balaban J connectivity index is 1.84. The number of anilines is 1. The van der Waals surface area contributed by atoms with Gasteiger partial charge in [-0.3, -0.25) is 14.5 Å². The van der Waals surface area contributed by atoms with Gasteiger partial charge >= 0.3 is 0 Å². The summed E-state index contributed by atoms with van der Waals surface area (Å²) in [6.07, 6.45) is 2.45. The highest BCUT2D eigenvalue weighted by molar-refractivity contribution is 7.89. The molecular formula is C24H34N4O4S2. The average Bonchev–Trinajstić information content (AvgIpc) is 3.18. The van der Waals surface area contributed by atoms with Gasteiger partial charge in [0.05, 0.1) is 10.5 Å². The molecule has 0 aliphatic carbocycles. The van der Waals surface area contributed by atoms with Crippen molar-refractivity contribution in [3.8, 4) is 0 Å². The molecule has 1 N–H and O–H groups in total. The summed E-state index contributed by atoms with van der Waals surface area (Å²) in [5.74, 6) is -0.503. The molecule has 3 rings (SSSR count). The lowest BCUT2D eigenvalue weighted by atomic mass is 10.0. The van der Waals surface area contributed by atoms with Crippen LogP contribution in [-0.4, -0.2) is 75.1 Å². The Labute approximate surface area is 206 Å². The Kier molecular flexibility index (Phi) is 8.51. The van der Waals surface area contributed by atoms with E-state index >= 15 is 0 Å². The van der Waals surface area contributed by atoms with Crippen molar-refractivity contribution in [1.29, 1.82) is 0 Å². The van der Waals surface area contributed by atoms with E-state index in [1.807, 2.05) is 6.92 Å². The maximum atomic E-state index is 13.0. The Bertz CT molecular complexity index is 1140. The molecular weight excluding hydrogens is 472 g/mol. The van der Waals surface area contributed by atoms with Gasteiger partial charge in [-0.25, -0.2) is 12.7 Å². The van der Waals surface area contributed by atoms with Gasteiger partial charge in [0.2, 0.25) is 10.0 Å². The molecule has 2 amide bonds. The van der Waals surface area contributed by atoms with Gasteiger partial charge in [0.25, 0.3) is 11.8 Å². The van der Waals surface area contributed by atoms with Gasteiger partial charge in [-0.1, -0.05) is 20.3 Å². The number of carbonyl (C=O) groups excluding carboxylic acids is 2. The van der Waals surface area contributed by atoms with Crippen LogP contribution in [0.15, 0.2) is 29.2 Å². The number of thiophene rings is 1. The molecule has 0 saturated heterocycles. The topological polar surface area (TPSA) is 90.0 Å². The maximum Gasteiger partial charge on any atom is 0.256 e. The molecule has 2 aromatic rings. The van der Waals surface area contributed by atoms with Crippen molar-refractivity contribution in [2.45, 2.75) is 44.6 Å². The van der Waals surface area contributed by atoms with E-state index in [1.54, 1.807) is 21.1 Å². The first-order valence-corrected chi connectivity index (χ1v) is 13.8. The number of rotatable bonds is 9. The van der Waals surface area contributed by atoms with E-state index in [4.69, 9.17) is 0 Å². The van der Waals surface area contributed by atoms with Gasteiger partial charge in [-0.15, -0.1) is 11.3 Å². The van der Waals surface area contributed by atoms with Crippen LogP contribution in [0.3, 0.4) is 0 Å². The van der Waals surface area contributed by atoms with Gasteiger partial charge < -0.3 is 10.2 Å². The molecule has 186 valence electrons. The third-order valence-electron chi connectivity index (χ3n) is 6.08. The summed E-state index contributed by atoms with van der Waals surface area (Å²) >= 11 is 1.45. The molecule has 1 aliphatic heterocycles. The van der Waals surface area contributed by atoms with E-state index in [-0.39, 0.29) is 16.7 Å². The predicted octanol–water partition coefficient (Wildman–Crippen LogP) is 3.50. The monoisotopic (exact) mass is 506 g/mol. The lowest BCUT2D eigenvalue weighted by Crippen LogP contribution is -2.31. The number of benzene rings is 1. The van der Waals surface area contributed by atoms with Crippen molar-refractivity contribution in [3.63, 3.8) is 0 Å². The zero-order valence-corrected chi connectivity index (χ0v) is 22.2.